The van der Waals surface area contributed by atoms with Crippen LogP contribution in [0.5, 0.6) is 0 Å². The highest BCUT2D eigenvalue weighted by atomic mass is 32.1. The summed E-state index contributed by atoms with van der Waals surface area (Å²) >= 11 is 1.85. The molecule has 0 bridgehead atoms. The van der Waals surface area contributed by atoms with Crippen molar-refractivity contribution in [3.8, 4) is 0 Å². The van der Waals surface area contributed by atoms with Crippen LogP contribution in [0.1, 0.15) is 94.2 Å². The lowest BCUT2D eigenvalue weighted by Crippen LogP contribution is -2.47. The molecule has 30 heavy (non-hydrogen) atoms. The molecule has 1 aliphatic rings. The molecule has 1 heterocycles. The normalized spacial score (nSPS) is 17.8. The predicted molar refractivity (Wildman–Crippen MR) is 131 cm³/mol. The number of aliphatic hydroxyl groups is 1. The number of hydrogen-bond donors (Lipinski definition) is 2. The first-order valence-electron chi connectivity index (χ1n) is 11.9. The van der Waals surface area contributed by atoms with Gasteiger partial charge in [0.15, 0.2) is 0 Å². The third-order valence-corrected chi connectivity index (χ3v) is 7.75. The third kappa shape index (κ3) is 5.96. The Morgan fingerprint density at radius 2 is 1.87 bits per heavy atom. The topological polar surface area (TPSA) is 32.3 Å². The molecule has 2 aromatic rings. The molecule has 2 nitrogen and oxygen atoms in total. The van der Waals surface area contributed by atoms with Crippen LogP contribution >= 0.6 is 11.3 Å². The summed E-state index contributed by atoms with van der Waals surface area (Å²) in [4.78, 5) is 1.46. The van der Waals surface area contributed by atoms with Crippen molar-refractivity contribution in [2.24, 2.45) is 0 Å². The molecular formula is C27H41NOS. The molecule has 1 unspecified atom stereocenters. The lowest BCUT2D eigenvalue weighted by atomic mass is 9.74. The molecule has 2 N–H and O–H groups in total. The fourth-order valence-electron chi connectivity index (χ4n) is 4.80. The van der Waals surface area contributed by atoms with Gasteiger partial charge in [0.2, 0.25) is 0 Å². The zero-order valence-corrected chi connectivity index (χ0v) is 20.3. The second kappa shape index (κ2) is 10.4. The minimum atomic E-state index is -0.300. The van der Waals surface area contributed by atoms with Crippen molar-refractivity contribution in [2.75, 3.05) is 6.54 Å². The molecule has 3 heteroatoms. The molecule has 0 saturated heterocycles. The van der Waals surface area contributed by atoms with E-state index in [0.717, 1.165) is 19.3 Å². The number of aliphatic hydroxyl groups excluding tert-OH is 1. The highest BCUT2D eigenvalue weighted by Gasteiger charge is 2.34. The van der Waals surface area contributed by atoms with E-state index in [1.807, 2.05) is 11.3 Å². The molecule has 1 aromatic heterocycles. The fraction of sp³-hybridized carbons (Fsp3) is 0.630. The standard InChI is InChI=1S/C27H41NOS/c1-5-10-21-15-18-30-25(21)14-13-24(29)20-28-27(16-7-6-8-17-27)23-12-9-11-22(19-23)26(2,3)4/h9,11-12,15,18-19,24,28-29H,5-8,10,13-14,16-17,20H2,1-4H3. The summed E-state index contributed by atoms with van der Waals surface area (Å²) in [6, 6.07) is 11.4. The Kier molecular flexibility index (Phi) is 8.17. The third-order valence-electron chi connectivity index (χ3n) is 6.73. The Bertz CT molecular complexity index is 782. The quantitative estimate of drug-likeness (QED) is 0.464. The Hall–Kier alpha value is -1.16. The van der Waals surface area contributed by atoms with Gasteiger partial charge in [0.05, 0.1) is 6.10 Å². The van der Waals surface area contributed by atoms with Gasteiger partial charge >= 0.3 is 0 Å². The maximum Gasteiger partial charge on any atom is 0.0668 e. The van der Waals surface area contributed by atoms with Gasteiger partial charge in [-0.3, -0.25) is 0 Å². The van der Waals surface area contributed by atoms with E-state index in [1.54, 1.807) is 0 Å². The first-order chi connectivity index (χ1) is 14.3. The molecule has 166 valence electrons. The maximum atomic E-state index is 10.8. The van der Waals surface area contributed by atoms with Gasteiger partial charge < -0.3 is 10.4 Å². The van der Waals surface area contributed by atoms with Crippen molar-refractivity contribution in [1.29, 1.82) is 0 Å². The predicted octanol–water partition coefficient (Wildman–Crippen LogP) is 6.74. The van der Waals surface area contributed by atoms with Gasteiger partial charge in [-0.15, -0.1) is 11.3 Å². The minimum Gasteiger partial charge on any atom is -0.392 e. The molecule has 1 aromatic carbocycles. The van der Waals surface area contributed by atoms with Crippen molar-refractivity contribution in [3.05, 3.63) is 57.3 Å². The zero-order chi connectivity index (χ0) is 21.6. The van der Waals surface area contributed by atoms with E-state index in [4.69, 9.17) is 0 Å². The first-order valence-corrected chi connectivity index (χ1v) is 12.8. The highest BCUT2D eigenvalue weighted by molar-refractivity contribution is 7.10. The molecule has 0 amide bonds. The summed E-state index contributed by atoms with van der Waals surface area (Å²) in [5.74, 6) is 0. The van der Waals surface area contributed by atoms with Gasteiger partial charge in [-0.25, -0.2) is 0 Å². The van der Waals surface area contributed by atoms with E-state index in [9.17, 15) is 5.11 Å². The van der Waals surface area contributed by atoms with Gasteiger partial charge in [0.1, 0.15) is 0 Å². The van der Waals surface area contributed by atoms with Crippen LogP contribution in [0, 0.1) is 0 Å². The molecule has 0 spiro atoms. The van der Waals surface area contributed by atoms with Crippen LogP contribution in [-0.2, 0) is 23.8 Å². The van der Waals surface area contributed by atoms with Crippen molar-refractivity contribution < 1.29 is 5.11 Å². The van der Waals surface area contributed by atoms with Gasteiger partial charge in [0.25, 0.3) is 0 Å². The van der Waals surface area contributed by atoms with Crippen LogP contribution in [0.3, 0.4) is 0 Å². The van der Waals surface area contributed by atoms with Gasteiger partial charge in [-0.2, -0.15) is 0 Å². The van der Waals surface area contributed by atoms with E-state index in [2.05, 4.69) is 68.7 Å². The van der Waals surface area contributed by atoms with Crippen LogP contribution in [0.2, 0.25) is 0 Å². The summed E-state index contributed by atoms with van der Waals surface area (Å²) in [6.07, 6.45) is 10.0. The van der Waals surface area contributed by atoms with Crippen LogP contribution in [0.25, 0.3) is 0 Å². The number of nitrogens with one attached hydrogen (secondary N) is 1. The Balaban J connectivity index is 1.66. The number of rotatable bonds is 9. The van der Waals surface area contributed by atoms with E-state index >= 15 is 0 Å². The lowest BCUT2D eigenvalue weighted by molar-refractivity contribution is 0.132. The summed E-state index contributed by atoms with van der Waals surface area (Å²) < 4.78 is 0. The number of benzene rings is 1. The lowest BCUT2D eigenvalue weighted by Gasteiger charge is -2.40. The van der Waals surface area contributed by atoms with E-state index < -0.39 is 0 Å². The molecule has 3 rings (SSSR count). The van der Waals surface area contributed by atoms with Crippen LogP contribution in [0.15, 0.2) is 35.7 Å². The number of aryl methyl sites for hydroxylation is 2. The molecule has 0 radical (unpaired) electrons. The van der Waals surface area contributed by atoms with Crippen LogP contribution in [-0.4, -0.2) is 17.8 Å². The van der Waals surface area contributed by atoms with Gasteiger partial charge in [-0.05, 0) is 65.7 Å². The van der Waals surface area contributed by atoms with Crippen molar-refractivity contribution in [1.82, 2.24) is 5.32 Å². The van der Waals surface area contributed by atoms with Crippen molar-refractivity contribution >= 4 is 11.3 Å². The second-order valence-electron chi connectivity index (χ2n) is 10.2. The van der Waals surface area contributed by atoms with Crippen LogP contribution in [0.4, 0.5) is 0 Å². The highest BCUT2D eigenvalue weighted by Crippen LogP contribution is 2.38. The summed E-state index contributed by atoms with van der Waals surface area (Å²) in [5.41, 5.74) is 4.45. The summed E-state index contributed by atoms with van der Waals surface area (Å²) in [5, 5.41) is 16.8. The maximum absolute atomic E-state index is 10.8. The van der Waals surface area contributed by atoms with E-state index in [0.29, 0.717) is 6.54 Å². The van der Waals surface area contributed by atoms with Crippen molar-refractivity contribution in [2.45, 2.75) is 103 Å². The average Bonchev–Trinajstić information content (AvgIpc) is 3.18. The Morgan fingerprint density at radius 3 is 2.57 bits per heavy atom. The molecule has 1 saturated carbocycles. The van der Waals surface area contributed by atoms with Crippen molar-refractivity contribution in [3.63, 3.8) is 0 Å². The second-order valence-corrected chi connectivity index (χ2v) is 11.2. The molecule has 1 fully saturated rings. The monoisotopic (exact) mass is 427 g/mol. The van der Waals surface area contributed by atoms with E-state index in [-0.39, 0.29) is 17.1 Å². The Labute approximate surface area is 188 Å². The average molecular weight is 428 g/mol. The Morgan fingerprint density at radius 1 is 1.10 bits per heavy atom. The number of thiophene rings is 1. The molecule has 1 atom stereocenters. The molecule has 1 aliphatic carbocycles. The SMILES string of the molecule is CCCc1ccsc1CCC(O)CNC1(c2cccc(C(C)(C)C)c2)CCCCC1. The van der Waals surface area contributed by atoms with Crippen LogP contribution < -0.4 is 5.32 Å². The number of hydrogen-bond acceptors (Lipinski definition) is 3. The fourth-order valence-corrected chi connectivity index (χ4v) is 5.75. The smallest absolute Gasteiger partial charge is 0.0668 e. The molecular weight excluding hydrogens is 386 g/mol. The molecule has 0 aliphatic heterocycles. The summed E-state index contributed by atoms with van der Waals surface area (Å²) in [7, 11) is 0. The largest absolute Gasteiger partial charge is 0.392 e. The summed E-state index contributed by atoms with van der Waals surface area (Å²) in [6.45, 7) is 9.77. The van der Waals surface area contributed by atoms with E-state index in [1.165, 1.54) is 60.1 Å². The zero-order valence-electron chi connectivity index (χ0n) is 19.5. The minimum absolute atomic E-state index is 0.0107. The van der Waals surface area contributed by atoms with Gasteiger partial charge in [-0.1, -0.05) is 77.6 Å². The van der Waals surface area contributed by atoms with Gasteiger partial charge in [0, 0.05) is 17.0 Å². The first kappa shape index (κ1) is 23.5.